The summed E-state index contributed by atoms with van der Waals surface area (Å²) in [6, 6.07) is 26.2. The van der Waals surface area contributed by atoms with Gasteiger partial charge in [-0.2, -0.15) is 0 Å². The van der Waals surface area contributed by atoms with Gasteiger partial charge in [-0.1, -0.05) is 49.4 Å². The van der Waals surface area contributed by atoms with Gasteiger partial charge in [0.05, 0.1) is 38.5 Å². The molecule has 1 N–H and O–H groups in total. The number of carbonyl (C=O) groups excluding carboxylic acids is 2. The van der Waals surface area contributed by atoms with Crippen LogP contribution in [0.15, 0.2) is 102 Å². The van der Waals surface area contributed by atoms with E-state index in [1.54, 1.807) is 49.6 Å². The van der Waals surface area contributed by atoms with Gasteiger partial charge in [0.1, 0.15) is 24.1 Å². The van der Waals surface area contributed by atoms with Crippen molar-refractivity contribution in [1.29, 1.82) is 0 Å². The molecule has 0 fully saturated rings. The van der Waals surface area contributed by atoms with E-state index in [-0.39, 0.29) is 41.2 Å². The summed E-state index contributed by atoms with van der Waals surface area (Å²) in [5.74, 6) is 0.744. The van der Waals surface area contributed by atoms with Crippen LogP contribution in [-0.4, -0.2) is 71.7 Å². The molecule has 4 rings (SSSR count). The van der Waals surface area contributed by atoms with Gasteiger partial charge < -0.3 is 29.2 Å². The van der Waals surface area contributed by atoms with E-state index in [0.717, 1.165) is 9.87 Å². The lowest BCUT2D eigenvalue weighted by molar-refractivity contribution is -0.140. The first-order valence-electron chi connectivity index (χ1n) is 16.8. The van der Waals surface area contributed by atoms with E-state index < -0.39 is 28.5 Å². The Kier molecular flexibility index (Phi) is 13.7. The highest BCUT2D eigenvalue weighted by molar-refractivity contribution is 7.92. The Morgan fingerprint density at radius 3 is 2.08 bits per heavy atom. The van der Waals surface area contributed by atoms with Crippen LogP contribution < -0.4 is 28.6 Å². The number of carbonyl (C=O) groups is 2. The first-order chi connectivity index (χ1) is 24.5. The van der Waals surface area contributed by atoms with Crippen LogP contribution in [0.5, 0.6) is 23.0 Å². The Bertz CT molecular complexity index is 1850. The number of ether oxygens (including phenoxy) is 4. The number of anilines is 1. The molecule has 51 heavy (non-hydrogen) atoms. The van der Waals surface area contributed by atoms with E-state index in [0.29, 0.717) is 35.8 Å². The van der Waals surface area contributed by atoms with Crippen molar-refractivity contribution in [3.8, 4) is 23.0 Å². The molecule has 0 aliphatic carbocycles. The van der Waals surface area contributed by atoms with Gasteiger partial charge in [0.15, 0.2) is 11.5 Å². The van der Waals surface area contributed by atoms with Crippen molar-refractivity contribution in [2.24, 2.45) is 0 Å². The van der Waals surface area contributed by atoms with Crippen LogP contribution >= 0.6 is 0 Å². The molecule has 0 bridgehead atoms. The van der Waals surface area contributed by atoms with E-state index in [1.807, 2.05) is 57.2 Å². The maximum absolute atomic E-state index is 14.8. The van der Waals surface area contributed by atoms with Crippen molar-refractivity contribution in [3.63, 3.8) is 0 Å². The van der Waals surface area contributed by atoms with E-state index >= 15 is 0 Å². The quantitative estimate of drug-likeness (QED) is 0.136. The molecule has 0 aromatic heterocycles. The molecule has 0 heterocycles. The number of rotatable bonds is 18. The van der Waals surface area contributed by atoms with Crippen molar-refractivity contribution in [1.82, 2.24) is 10.2 Å². The highest BCUT2D eigenvalue weighted by Crippen LogP contribution is 2.33. The second-order valence-electron chi connectivity index (χ2n) is 11.9. The number of nitrogens with zero attached hydrogens (tertiary/aromatic N) is 2. The van der Waals surface area contributed by atoms with Gasteiger partial charge in [-0.05, 0) is 79.9 Å². The van der Waals surface area contributed by atoms with E-state index in [4.69, 9.17) is 18.9 Å². The van der Waals surface area contributed by atoms with Crippen molar-refractivity contribution >= 4 is 27.5 Å². The zero-order valence-electron chi connectivity index (χ0n) is 30.0. The van der Waals surface area contributed by atoms with E-state index in [1.165, 1.54) is 37.3 Å². The van der Waals surface area contributed by atoms with Gasteiger partial charge in [-0.25, -0.2) is 8.42 Å². The standard InChI is InChI=1S/C39H47N3O8S/c1-7-28(3)40-39(44)35(24-29-13-10-9-11-14-29)41(26-30-15-12-16-33(23-30)47-4)38(43)27-42(31-17-19-32(20-18-31)50-8-2)51(45,46)34-21-22-36(48-5)37(25-34)49-6/h9-23,25,28,35H,7-8,24,26-27H2,1-6H3,(H,40,44)/t28-,35+/m0/s1. The number of amides is 2. The van der Waals surface area contributed by atoms with Gasteiger partial charge in [-0.3, -0.25) is 13.9 Å². The maximum Gasteiger partial charge on any atom is 0.264 e. The highest BCUT2D eigenvalue weighted by atomic mass is 32.2. The molecule has 11 nitrogen and oxygen atoms in total. The van der Waals surface area contributed by atoms with Crippen LogP contribution in [0.1, 0.15) is 38.3 Å². The zero-order chi connectivity index (χ0) is 37.0. The molecule has 4 aromatic rings. The molecule has 4 aromatic carbocycles. The summed E-state index contributed by atoms with van der Waals surface area (Å²) in [4.78, 5) is 30.2. The fraction of sp³-hybridized carbons (Fsp3) is 0.333. The predicted molar refractivity (Wildman–Crippen MR) is 197 cm³/mol. The monoisotopic (exact) mass is 717 g/mol. The topological polar surface area (TPSA) is 124 Å². The zero-order valence-corrected chi connectivity index (χ0v) is 30.8. The van der Waals surface area contributed by atoms with E-state index in [2.05, 4.69) is 5.32 Å². The van der Waals surface area contributed by atoms with Crippen molar-refractivity contribution in [2.75, 3.05) is 38.8 Å². The van der Waals surface area contributed by atoms with Gasteiger partial charge in [0.2, 0.25) is 11.8 Å². The lowest BCUT2D eigenvalue weighted by Gasteiger charge is -2.34. The lowest BCUT2D eigenvalue weighted by atomic mass is 10.0. The Balaban J connectivity index is 1.85. The van der Waals surface area contributed by atoms with Gasteiger partial charge >= 0.3 is 0 Å². The summed E-state index contributed by atoms with van der Waals surface area (Å²) in [5, 5.41) is 3.05. The second-order valence-corrected chi connectivity index (χ2v) is 13.7. The molecule has 0 aliphatic rings. The number of nitrogens with one attached hydrogen (secondary N) is 1. The first-order valence-corrected chi connectivity index (χ1v) is 18.2. The summed E-state index contributed by atoms with van der Waals surface area (Å²) in [7, 11) is 0.0293. The number of benzene rings is 4. The molecule has 2 atom stereocenters. The molecule has 0 saturated heterocycles. The Hall–Kier alpha value is -5.23. The lowest BCUT2D eigenvalue weighted by Crippen LogP contribution is -2.54. The minimum atomic E-state index is -4.39. The number of methoxy groups -OCH3 is 3. The van der Waals surface area contributed by atoms with Crippen LogP contribution in [0.4, 0.5) is 5.69 Å². The van der Waals surface area contributed by atoms with Crippen LogP contribution in [-0.2, 0) is 32.6 Å². The number of hydrogen-bond acceptors (Lipinski definition) is 8. The number of sulfonamides is 1. The Labute approximate surface area is 301 Å². The summed E-state index contributed by atoms with van der Waals surface area (Å²) in [6.45, 7) is 5.53. The van der Waals surface area contributed by atoms with Gasteiger partial charge in [-0.15, -0.1) is 0 Å². The minimum Gasteiger partial charge on any atom is -0.497 e. The third-order valence-corrected chi connectivity index (χ3v) is 10.2. The molecular weight excluding hydrogens is 671 g/mol. The smallest absolute Gasteiger partial charge is 0.264 e. The normalized spacial score (nSPS) is 12.3. The fourth-order valence-corrected chi connectivity index (χ4v) is 6.90. The van der Waals surface area contributed by atoms with Crippen LogP contribution in [0, 0.1) is 0 Å². The Morgan fingerprint density at radius 2 is 1.45 bits per heavy atom. The third kappa shape index (κ3) is 9.94. The highest BCUT2D eigenvalue weighted by Gasteiger charge is 2.35. The second kappa shape index (κ2) is 18.1. The fourth-order valence-electron chi connectivity index (χ4n) is 5.47. The van der Waals surface area contributed by atoms with Gasteiger partial charge in [0.25, 0.3) is 10.0 Å². The van der Waals surface area contributed by atoms with Crippen molar-refractivity contribution in [2.45, 2.75) is 57.1 Å². The third-order valence-electron chi connectivity index (χ3n) is 8.42. The molecular formula is C39H47N3O8S. The molecule has 0 aliphatic heterocycles. The van der Waals surface area contributed by atoms with Crippen LogP contribution in [0.3, 0.4) is 0 Å². The molecule has 12 heteroatoms. The first kappa shape index (κ1) is 38.6. The molecule has 0 saturated carbocycles. The summed E-state index contributed by atoms with van der Waals surface area (Å²) < 4.78 is 51.9. The van der Waals surface area contributed by atoms with Crippen molar-refractivity contribution < 1.29 is 37.0 Å². The van der Waals surface area contributed by atoms with Crippen LogP contribution in [0.25, 0.3) is 0 Å². The number of hydrogen-bond donors (Lipinski definition) is 1. The average molecular weight is 718 g/mol. The van der Waals surface area contributed by atoms with Crippen LogP contribution in [0.2, 0.25) is 0 Å². The predicted octanol–water partition coefficient (Wildman–Crippen LogP) is 5.86. The summed E-state index contributed by atoms with van der Waals surface area (Å²) in [6.07, 6.45) is 0.882. The molecule has 272 valence electrons. The van der Waals surface area contributed by atoms with Gasteiger partial charge in [0, 0.05) is 25.1 Å². The molecule has 2 amide bonds. The van der Waals surface area contributed by atoms with Crippen molar-refractivity contribution in [3.05, 3.63) is 108 Å². The molecule has 0 spiro atoms. The van der Waals surface area contributed by atoms with E-state index in [9.17, 15) is 18.0 Å². The average Bonchev–Trinajstić information content (AvgIpc) is 3.15. The Morgan fingerprint density at radius 1 is 0.765 bits per heavy atom. The molecule has 0 unspecified atom stereocenters. The summed E-state index contributed by atoms with van der Waals surface area (Å²) in [5.41, 5.74) is 1.77. The minimum absolute atomic E-state index is 0.00891. The largest absolute Gasteiger partial charge is 0.497 e. The SMILES string of the molecule is CCOc1ccc(N(CC(=O)N(Cc2cccc(OC)c2)[C@H](Cc2ccccc2)C(=O)N[C@@H](C)CC)S(=O)(=O)c2ccc(OC)c(OC)c2)cc1. The summed E-state index contributed by atoms with van der Waals surface area (Å²) >= 11 is 0. The molecule has 0 radical (unpaired) electrons. The maximum atomic E-state index is 14.8.